The van der Waals surface area contributed by atoms with Gasteiger partial charge < -0.3 is 10.2 Å². The molecule has 0 unspecified atom stereocenters. The topological polar surface area (TPSA) is 58.1 Å². The Hall–Kier alpha value is -1.01. The van der Waals surface area contributed by atoms with Crippen molar-refractivity contribution in [3.63, 3.8) is 0 Å². The number of rotatable bonds is 5. The van der Waals surface area contributed by atoms with Crippen molar-refractivity contribution in [1.82, 2.24) is 19.8 Å². The third-order valence-electron chi connectivity index (χ3n) is 4.26. The normalized spacial score (nSPS) is 20.4. The average Bonchev–Trinajstić information content (AvgIpc) is 3.20. The summed E-state index contributed by atoms with van der Waals surface area (Å²) in [5.41, 5.74) is 0.842. The summed E-state index contributed by atoms with van der Waals surface area (Å²) in [4.78, 5) is 15.2. The quantitative estimate of drug-likeness (QED) is 0.898. The summed E-state index contributed by atoms with van der Waals surface area (Å²) < 4.78 is 3.91. The predicted octanol–water partition coefficient (Wildman–Crippen LogP) is 1.70. The molecule has 20 heavy (non-hydrogen) atoms. The van der Waals surface area contributed by atoms with Crippen LogP contribution in [0.4, 0.5) is 0 Å². The van der Waals surface area contributed by atoms with Gasteiger partial charge in [0.1, 0.15) is 4.88 Å². The van der Waals surface area contributed by atoms with Crippen LogP contribution in [0.3, 0.4) is 0 Å². The molecular formula is C14H22N4OS. The van der Waals surface area contributed by atoms with Gasteiger partial charge in [0.15, 0.2) is 0 Å². The highest BCUT2D eigenvalue weighted by Gasteiger charge is 2.28. The number of hydrogen-bond acceptors (Lipinski definition) is 5. The number of aromatic nitrogens is 2. The van der Waals surface area contributed by atoms with Crippen LogP contribution in [0.2, 0.25) is 0 Å². The van der Waals surface area contributed by atoms with Crippen molar-refractivity contribution in [1.29, 1.82) is 0 Å². The van der Waals surface area contributed by atoms with Gasteiger partial charge in [-0.1, -0.05) is 11.4 Å². The SMILES string of the molecule is CCc1nnsc1C(=O)N1CCC(NCC2CC2)CC1. The molecule has 1 aromatic heterocycles. The van der Waals surface area contributed by atoms with E-state index in [1.165, 1.54) is 24.4 Å². The third kappa shape index (κ3) is 3.17. The molecule has 5 nitrogen and oxygen atoms in total. The van der Waals surface area contributed by atoms with Gasteiger partial charge >= 0.3 is 0 Å². The van der Waals surface area contributed by atoms with Crippen LogP contribution < -0.4 is 5.32 Å². The van der Waals surface area contributed by atoms with Crippen molar-refractivity contribution in [2.75, 3.05) is 19.6 Å². The molecule has 1 saturated heterocycles. The number of carbonyl (C=O) groups excluding carboxylic acids is 1. The molecule has 2 heterocycles. The van der Waals surface area contributed by atoms with Crippen molar-refractivity contribution < 1.29 is 4.79 Å². The van der Waals surface area contributed by atoms with E-state index in [1.807, 2.05) is 11.8 Å². The Morgan fingerprint density at radius 3 is 2.75 bits per heavy atom. The zero-order valence-corrected chi connectivity index (χ0v) is 12.8. The first kappa shape index (κ1) is 13.9. The molecule has 1 N–H and O–H groups in total. The van der Waals surface area contributed by atoms with Crippen LogP contribution in [0.1, 0.15) is 48.0 Å². The molecule has 0 atom stereocenters. The standard InChI is InChI=1S/C14H22N4OS/c1-2-12-13(20-17-16-12)14(19)18-7-5-11(6-8-18)15-9-10-3-4-10/h10-11,15H,2-9H2,1H3. The number of nitrogens with one attached hydrogen (secondary N) is 1. The Bertz CT molecular complexity index is 463. The van der Waals surface area contributed by atoms with Gasteiger partial charge in [-0.25, -0.2) is 0 Å². The van der Waals surface area contributed by atoms with E-state index in [0.717, 1.165) is 55.4 Å². The van der Waals surface area contributed by atoms with Gasteiger partial charge in [0, 0.05) is 19.1 Å². The second kappa shape index (κ2) is 6.18. The molecule has 0 spiro atoms. The van der Waals surface area contributed by atoms with E-state index in [9.17, 15) is 4.79 Å². The lowest BCUT2D eigenvalue weighted by atomic mass is 10.0. The molecule has 0 aromatic carbocycles. The van der Waals surface area contributed by atoms with E-state index in [1.54, 1.807) is 0 Å². The number of aryl methyl sites for hydroxylation is 1. The monoisotopic (exact) mass is 294 g/mol. The fraction of sp³-hybridized carbons (Fsp3) is 0.786. The molecule has 2 fully saturated rings. The fourth-order valence-corrected chi connectivity index (χ4v) is 3.41. The molecule has 110 valence electrons. The van der Waals surface area contributed by atoms with Crippen LogP contribution in [0, 0.1) is 5.92 Å². The van der Waals surface area contributed by atoms with E-state index in [2.05, 4.69) is 14.9 Å². The van der Waals surface area contributed by atoms with Crippen LogP contribution >= 0.6 is 11.5 Å². The third-order valence-corrected chi connectivity index (χ3v) is 5.02. The van der Waals surface area contributed by atoms with Crippen LogP contribution in [-0.4, -0.2) is 46.1 Å². The lowest BCUT2D eigenvalue weighted by Crippen LogP contribution is -2.45. The highest BCUT2D eigenvalue weighted by Crippen LogP contribution is 2.28. The van der Waals surface area contributed by atoms with Crippen LogP contribution in [0.5, 0.6) is 0 Å². The molecule has 3 rings (SSSR count). The minimum absolute atomic E-state index is 0.123. The first-order chi connectivity index (χ1) is 9.78. The summed E-state index contributed by atoms with van der Waals surface area (Å²) in [6.07, 6.45) is 5.68. The summed E-state index contributed by atoms with van der Waals surface area (Å²) in [6.45, 7) is 4.88. The van der Waals surface area contributed by atoms with Gasteiger partial charge in [-0.3, -0.25) is 4.79 Å². The Balaban J connectivity index is 1.50. The molecule has 2 aliphatic rings. The molecule has 0 radical (unpaired) electrons. The Morgan fingerprint density at radius 2 is 2.10 bits per heavy atom. The number of hydrogen-bond donors (Lipinski definition) is 1. The van der Waals surface area contributed by atoms with Gasteiger partial charge in [-0.05, 0) is 56.1 Å². The Morgan fingerprint density at radius 1 is 1.35 bits per heavy atom. The number of piperidine rings is 1. The molecule has 1 saturated carbocycles. The van der Waals surface area contributed by atoms with E-state index >= 15 is 0 Å². The van der Waals surface area contributed by atoms with Crippen molar-refractivity contribution in [2.45, 2.75) is 45.1 Å². The summed E-state index contributed by atoms with van der Waals surface area (Å²) in [7, 11) is 0. The van der Waals surface area contributed by atoms with Gasteiger partial charge in [0.25, 0.3) is 5.91 Å². The maximum atomic E-state index is 12.5. The second-order valence-corrected chi connectivity index (χ2v) is 6.57. The number of carbonyl (C=O) groups is 1. The molecule has 1 amide bonds. The zero-order chi connectivity index (χ0) is 13.9. The lowest BCUT2D eigenvalue weighted by Gasteiger charge is -2.32. The van der Waals surface area contributed by atoms with Crippen molar-refractivity contribution >= 4 is 17.4 Å². The molecule has 0 bridgehead atoms. The van der Waals surface area contributed by atoms with E-state index in [-0.39, 0.29) is 5.91 Å². The summed E-state index contributed by atoms with van der Waals surface area (Å²) in [6, 6.07) is 0.588. The number of amides is 1. The largest absolute Gasteiger partial charge is 0.338 e. The molecule has 1 aliphatic carbocycles. The number of likely N-dealkylation sites (tertiary alicyclic amines) is 1. The van der Waals surface area contributed by atoms with Crippen molar-refractivity contribution in [2.24, 2.45) is 5.92 Å². The van der Waals surface area contributed by atoms with Crippen LogP contribution in [0.15, 0.2) is 0 Å². The molecule has 1 aromatic rings. The predicted molar refractivity (Wildman–Crippen MR) is 78.9 cm³/mol. The molecular weight excluding hydrogens is 272 g/mol. The van der Waals surface area contributed by atoms with E-state index < -0.39 is 0 Å². The summed E-state index contributed by atoms with van der Waals surface area (Å²) >= 11 is 1.23. The van der Waals surface area contributed by atoms with E-state index in [4.69, 9.17) is 0 Å². The lowest BCUT2D eigenvalue weighted by molar-refractivity contribution is 0.0708. The Kier molecular flexibility index (Phi) is 4.31. The first-order valence-electron chi connectivity index (χ1n) is 7.61. The van der Waals surface area contributed by atoms with Gasteiger partial charge in [-0.2, -0.15) is 0 Å². The van der Waals surface area contributed by atoms with Crippen molar-refractivity contribution in [3.05, 3.63) is 10.6 Å². The first-order valence-corrected chi connectivity index (χ1v) is 8.39. The Labute approximate surface area is 123 Å². The molecule has 1 aliphatic heterocycles. The highest BCUT2D eigenvalue weighted by atomic mass is 32.1. The summed E-state index contributed by atoms with van der Waals surface area (Å²) in [5, 5.41) is 7.67. The van der Waals surface area contributed by atoms with Gasteiger partial charge in [0.2, 0.25) is 0 Å². The maximum absolute atomic E-state index is 12.5. The smallest absolute Gasteiger partial charge is 0.267 e. The highest BCUT2D eigenvalue weighted by molar-refractivity contribution is 7.08. The van der Waals surface area contributed by atoms with Gasteiger partial charge in [0.05, 0.1) is 5.69 Å². The van der Waals surface area contributed by atoms with Crippen LogP contribution in [0.25, 0.3) is 0 Å². The van der Waals surface area contributed by atoms with Crippen molar-refractivity contribution in [3.8, 4) is 0 Å². The van der Waals surface area contributed by atoms with Gasteiger partial charge in [-0.15, -0.1) is 5.10 Å². The van der Waals surface area contributed by atoms with Crippen LogP contribution in [-0.2, 0) is 6.42 Å². The molecule has 6 heteroatoms. The average molecular weight is 294 g/mol. The zero-order valence-electron chi connectivity index (χ0n) is 12.0. The minimum Gasteiger partial charge on any atom is -0.338 e. The minimum atomic E-state index is 0.123. The van der Waals surface area contributed by atoms with E-state index in [0.29, 0.717) is 6.04 Å². The number of nitrogens with zero attached hydrogens (tertiary/aromatic N) is 3. The maximum Gasteiger partial charge on any atom is 0.267 e. The summed E-state index contributed by atoms with van der Waals surface area (Å²) in [5.74, 6) is 1.04. The fourth-order valence-electron chi connectivity index (χ4n) is 2.69. The second-order valence-electron chi connectivity index (χ2n) is 5.82.